The van der Waals surface area contributed by atoms with Crippen molar-refractivity contribution in [2.75, 3.05) is 5.73 Å². The van der Waals surface area contributed by atoms with Gasteiger partial charge in [0.2, 0.25) is 0 Å². The molecule has 0 saturated carbocycles. The van der Waals surface area contributed by atoms with Crippen LogP contribution in [-0.2, 0) is 12.8 Å². The van der Waals surface area contributed by atoms with Crippen molar-refractivity contribution in [3.63, 3.8) is 0 Å². The van der Waals surface area contributed by atoms with Gasteiger partial charge in [0.25, 0.3) is 0 Å². The molecule has 18 heavy (non-hydrogen) atoms. The number of rotatable bonds is 2. The quantitative estimate of drug-likeness (QED) is 0.823. The minimum Gasteiger partial charge on any atom is -0.476 e. The average molecular weight is 244 g/mol. The third-order valence-corrected chi connectivity index (χ3v) is 3.09. The number of nitrogen functional groups attached to an aromatic ring is 1. The second-order valence-electron chi connectivity index (χ2n) is 4.31. The van der Waals surface area contributed by atoms with Gasteiger partial charge in [-0.1, -0.05) is 6.07 Å². The largest absolute Gasteiger partial charge is 0.476 e. The molecule has 3 rings (SSSR count). The summed E-state index contributed by atoms with van der Waals surface area (Å²) in [5.41, 5.74) is 7.93. The molecule has 1 aliphatic carbocycles. The summed E-state index contributed by atoms with van der Waals surface area (Å²) in [5, 5.41) is 12.8. The van der Waals surface area contributed by atoms with E-state index in [1.807, 2.05) is 12.1 Å². The molecule has 0 bridgehead atoms. The molecule has 0 radical (unpaired) electrons. The van der Waals surface area contributed by atoms with Crippen LogP contribution in [0.3, 0.4) is 0 Å². The van der Waals surface area contributed by atoms with Gasteiger partial charge in [-0.05, 0) is 30.9 Å². The number of anilines is 1. The number of carbonyl (C=O) groups is 1. The first-order valence-corrected chi connectivity index (χ1v) is 5.73. The maximum absolute atomic E-state index is 10.9. The van der Waals surface area contributed by atoms with Gasteiger partial charge in [0.1, 0.15) is 0 Å². The fourth-order valence-electron chi connectivity index (χ4n) is 2.21. The lowest BCUT2D eigenvalue weighted by Crippen LogP contribution is -2.04. The first kappa shape index (κ1) is 10.8. The molecule has 0 atom stereocenters. The van der Waals surface area contributed by atoms with Crippen LogP contribution in [0.2, 0.25) is 0 Å². The smallest absolute Gasteiger partial charge is 0.358 e. The van der Waals surface area contributed by atoms with Gasteiger partial charge in [0.05, 0.1) is 11.9 Å². The number of nitrogens with two attached hydrogens (primary N) is 1. The molecule has 6 heteroatoms. The highest BCUT2D eigenvalue weighted by atomic mass is 16.4. The number of pyridine rings is 1. The number of fused-ring (bicyclic) bond motifs is 1. The zero-order valence-electron chi connectivity index (χ0n) is 9.63. The molecule has 0 spiro atoms. The van der Waals surface area contributed by atoms with Crippen molar-refractivity contribution in [3.05, 3.63) is 35.3 Å². The Morgan fingerprint density at radius 1 is 1.39 bits per heavy atom. The summed E-state index contributed by atoms with van der Waals surface area (Å²) in [5.74, 6) is -0.526. The monoisotopic (exact) mass is 244 g/mol. The molecule has 2 heterocycles. The molecule has 0 fully saturated rings. The number of aryl methyl sites for hydroxylation is 2. The van der Waals surface area contributed by atoms with E-state index < -0.39 is 5.97 Å². The molecule has 2 aromatic heterocycles. The summed E-state index contributed by atoms with van der Waals surface area (Å²) in [7, 11) is 0. The molecule has 3 N–H and O–H groups in total. The molecule has 0 aliphatic heterocycles. The highest BCUT2D eigenvalue weighted by Crippen LogP contribution is 2.21. The van der Waals surface area contributed by atoms with E-state index in [-0.39, 0.29) is 11.4 Å². The SMILES string of the molecule is Nc1cn(-c2ccc3c(n2)CCC3)nc1C(=O)O. The van der Waals surface area contributed by atoms with Crippen molar-refractivity contribution in [3.8, 4) is 5.82 Å². The summed E-state index contributed by atoms with van der Waals surface area (Å²) < 4.78 is 1.41. The highest BCUT2D eigenvalue weighted by Gasteiger charge is 2.17. The minimum absolute atomic E-state index is 0.141. The zero-order chi connectivity index (χ0) is 12.7. The summed E-state index contributed by atoms with van der Waals surface area (Å²) in [4.78, 5) is 15.4. The Labute approximate surface area is 103 Å². The Bertz CT molecular complexity index is 633. The minimum atomic E-state index is -1.13. The highest BCUT2D eigenvalue weighted by molar-refractivity contribution is 5.91. The van der Waals surface area contributed by atoms with Crippen LogP contribution in [0, 0.1) is 0 Å². The van der Waals surface area contributed by atoms with Crippen molar-refractivity contribution in [1.29, 1.82) is 0 Å². The molecular weight excluding hydrogens is 232 g/mol. The summed E-state index contributed by atoms with van der Waals surface area (Å²) in [6, 6.07) is 3.85. The van der Waals surface area contributed by atoms with Gasteiger partial charge >= 0.3 is 5.97 Å². The van der Waals surface area contributed by atoms with Crippen LogP contribution >= 0.6 is 0 Å². The Kier molecular flexibility index (Phi) is 2.29. The number of carboxylic acid groups (broad SMARTS) is 1. The van der Waals surface area contributed by atoms with E-state index in [9.17, 15) is 4.79 Å². The van der Waals surface area contributed by atoms with Crippen LogP contribution in [0.25, 0.3) is 5.82 Å². The van der Waals surface area contributed by atoms with Gasteiger partial charge in [-0.15, -0.1) is 0 Å². The van der Waals surface area contributed by atoms with Gasteiger partial charge in [-0.3, -0.25) is 0 Å². The Hall–Kier alpha value is -2.37. The molecule has 6 nitrogen and oxygen atoms in total. The van der Waals surface area contributed by atoms with Gasteiger partial charge in [-0.2, -0.15) is 5.10 Å². The van der Waals surface area contributed by atoms with Crippen LogP contribution in [0.1, 0.15) is 28.2 Å². The summed E-state index contributed by atoms with van der Waals surface area (Å²) in [6.07, 6.45) is 4.62. The molecule has 92 valence electrons. The number of carboxylic acids is 1. The second kappa shape index (κ2) is 3.83. The molecule has 0 amide bonds. The lowest BCUT2D eigenvalue weighted by molar-refractivity contribution is 0.0691. The molecule has 2 aromatic rings. The molecule has 0 saturated heterocycles. The fraction of sp³-hybridized carbons (Fsp3) is 0.250. The second-order valence-corrected chi connectivity index (χ2v) is 4.31. The van der Waals surface area contributed by atoms with Crippen LogP contribution in [0.4, 0.5) is 5.69 Å². The topological polar surface area (TPSA) is 94.0 Å². The molecule has 0 unspecified atom stereocenters. The number of aromatic carboxylic acids is 1. The van der Waals surface area contributed by atoms with Crippen LogP contribution < -0.4 is 5.73 Å². The van der Waals surface area contributed by atoms with Crippen molar-refractivity contribution in [1.82, 2.24) is 14.8 Å². The normalized spacial score (nSPS) is 13.6. The first-order chi connectivity index (χ1) is 8.65. The van der Waals surface area contributed by atoms with Crippen LogP contribution in [-0.4, -0.2) is 25.8 Å². The predicted octanol–water partition coefficient (Wildman–Crippen LogP) is 1.04. The van der Waals surface area contributed by atoms with Gasteiger partial charge < -0.3 is 10.8 Å². The van der Waals surface area contributed by atoms with E-state index in [2.05, 4.69) is 10.1 Å². The maximum Gasteiger partial charge on any atom is 0.358 e. The Morgan fingerprint density at radius 3 is 2.94 bits per heavy atom. The van der Waals surface area contributed by atoms with Crippen LogP contribution in [0.15, 0.2) is 18.3 Å². The zero-order valence-corrected chi connectivity index (χ0v) is 9.63. The lowest BCUT2D eigenvalue weighted by atomic mass is 10.2. The standard InChI is InChI=1S/C12H12N4O2/c13-8-6-16(15-11(8)12(17)18)10-5-4-7-2-1-3-9(7)14-10/h4-6H,1-3,13H2,(H,17,18). The number of hydrogen-bond donors (Lipinski definition) is 2. The van der Waals surface area contributed by atoms with Crippen molar-refractivity contribution in [2.45, 2.75) is 19.3 Å². The Morgan fingerprint density at radius 2 is 2.22 bits per heavy atom. The summed E-state index contributed by atoms with van der Waals surface area (Å²) in [6.45, 7) is 0. The van der Waals surface area contributed by atoms with Crippen molar-refractivity contribution < 1.29 is 9.90 Å². The van der Waals surface area contributed by atoms with E-state index in [0.29, 0.717) is 5.82 Å². The molecule has 1 aliphatic rings. The third kappa shape index (κ3) is 1.62. The number of hydrogen-bond acceptors (Lipinski definition) is 4. The van der Waals surface area contributed by atoms with Crippen LogP contribution in [0.5, 0.6) is 0 Å². The van der Waals surface area contributed by atoms with Gasteiger partial charge in [-0.25, -0.2) is 14.5 Å². The summed E-state index contributed by atoms with van der Waals surface area (Å²) >= 11 is 0. The third-order valence-electron chi connectivity index (χ3n) is 3.09. The predicted molar refractivity (Wildman–Crippen MR) is 64.8 cm³/mol. The van der Waals surface area contributed by atoms with Crippen molar-refractivity contribution in [2.24, 2.45) is 0 Å². The van der Waals surface area contributed by atoms with E-state index >= 15 is 0 Å². The molecule has 0 aromatic carbocycles. The first-order valence-electron chi connectivity index (χ1n) is 5.73. The number of nitrogens with zero attached hydrogens (tertiary/aromatic N) is 3. The van der Waals surface area contributed by atoms with Gasteiger partial charge in [0, 0.05) is 5.69 Å². The van der Waals surface area contributed by atoms with E-state index in [4.69, 9.17) is 10.8 Å². The maximum atomic E-state index is 10.9. The van der Waals surface area contributed by atoms with E-state index in [1.165, 1.54) is 16.4 Å². The number of aromatic nitrogens is 3. The Balaban J connectivity index is 2.05. The van der Waals surface area contributed by atoms with E-state index in [1.54, 1.807) is 0 Å². The lowest BCUT2D eigenvalue weighted by Gasteiger charge is -2.03. The fourth-order valence-corrected chi connectivity index (χ4v) is 2.21. The van der Waals surface area contributed by atoms with Gasteiger partial charge in [0.15, 0.2) is 11.5 Å². The van der Waals surface area contributed by atoms with Crippen molar-refractivity contribution >= 4 is 11.7 Å². The average Bonchev–Trinajstić information content (AvgIpc) is 2.93. The van der Waals surface area contributed by atoms with E-state index in [0.717, 1.165) is 25.0 Å². The molecular formula is C12H12N4O2.